The molecule has 0 aromatic heterocycles. The summed E-state index contributed by atoms with van der Waals surface area (Å²) in [5, 5.41) is 0.218. The number of likely N-dealkylation sites (N-methyl/N-ethyl adjacent to an activating group) is 1. The lowest BCUT2D eigenvalue weighted by Crippen LogP contribution is -2.28. The smallest absolute Gasteiger partial charge is 0.0593 e. The quantitative estimate of drug-likeness (QED) is 0.462. The minimum atomic E-state index is 0.218. The lowest BCUT2D eigenvalue weighted by atomic mass is 10.1. The van der Waals surface area contributed by atoms with Crippen molar-refractivity contribution in [3.63, 3.8) is 0 Å². The summed E-state index contributed by atoms with van der Waals surface area (Å²) >= 11 is 5.87. The van der Waals surface area contributed by atoms with Crippen molar-refractivity contribution in [3.8, 4) is 0 Å². The van der Waals surface area contributed by atoms with E-state index in [0.717, 1.165) is 38.6 Å². The van der Waals surface area contributed by atoms with Crippen molar-refractivity contribution in [2.45, 2.75) is 32.6 Å². The average Bonchev–Trinajstić information content (AvgIpc) is 2.01. The second-order valence-corrected chi connectivity index (χ2v) is 5.08. The van der Waals surface area contributed by atoms with Gasteiger partial charge in [-0.05, 0) is 26.3 Å². The molecule has 1 unspecified atom stereocenters. The lowest BCUT2D eigenvalue weighted by molar-refractivity contribution is 0.103. The normalized spacial score (nSPS) is 13.9. The summed E-state index contributed by atoms with van der Waals surface area (Å²) in [5.41, 5.74) is 0. The van der Waals surface area contributed by atoms with E-state index < -0.39 is 0 Å². The minimum Gasteiger partial charge on any atom is -0.380 e. The van der Waals surface area contributed by atoms with Gasteiger partial charge >= 0.3 is 0 Å². The predicted molar refractivity (Wildman–Crippen MR) is 63.1 cm³/mol. The summed E-state index contributed by atoms with van der Waals surface area (Å²) in [6, 6.07) is 0. The maximum atomic E-state index is 5.87. The van der Waals surface area contributed by atoms with Gasteiger partial charge < -0.3 is 9.64 Å². The van der Waals surface area contributed by atoms with E-state index in [0.29, 0.717) is 0 Å². The van der Waals surface area contributed by atoms with Gasteiger partial charge in [0.25, 0.3) is 0 Å². The van der Waals surface area contributed by atoms with Crippen LogP contribution >= 0.6 is 11.6 Å². The summed E-state index contributed by atoms with van der Waals surface area (Å²) in [5.74, 6) is 0.732. The molecule has 0 aromatic carbocycles. The van der Waals surface area contributed by atoms with Gasteiger partial charge in [0, 0.05) is 25.1 Å². The van der Waals surface area contributed by atoms with Gasteiger partial charge in [0.1, 0.15) is 0 Å². The van der Waals surface area contributed by atoms with Crippen molar-refractivity contribution in [2.75, 3.05) is 33.4 Å². The molecule has 2 nitrogen and oxygen atoms in total. The largest absolute Gasteiger partial charge is 0.380 e. The summed E-state index contributed by atoms with van der Waals surface area (Å²) in [4.78, 5) is 2.20. The molecule has 0 saturated carbocycles. The molecule has 0 fully saturated rings. The zero-order chi connectivity index (χ0) is 11.0. The minimum absolute atomic E-state index is 0.218. The summed E-state index contributed by atoms with van der Waals surface area (Å²) < 4.78 is 5.51. The summed E-state index contributed by atoms with van der Waals surface area (Å²) in [7, 11) is 2.07. The molecule has 0 aliphatic heterocycles. The number of hydrogen-bond acceptors (Lipinski definition) is 2. The third kappa shape index (κ3) is 10.3. The predicted octanol–water partition coefficient (Wildman–Crippen LogP) is 2.61. The first-order chi connectivity index (χ1) is 6.52. The summed E-state index contributed by atoms with van der Waals surface area (Å²) in [6.45, 7) is 10.0. The first-order valence-corrected chi connectivity index (χ1v) is 5.86. The summed E-state index contributed by atoms with van der Waals surface area (Å²) in [6.07, 6.45) is 1.15. The Hall–Kier alpha value is 0.210. The van der Waals surface area contributed by atoms with Crippen LogP contribution in [0.25, 0.3) is 0 Å². The number of ether oxygens (including phenoxy) is 1. The molecule has 0 aromatic rings. The van der Waals surface area contributed by atoms with Gasteiger partial charge in [-0.1, -0.05) is 13.8 Å². The van der Waals surface area contributed by atoms with Crippen LogP contribution in [-0.2, 0) is 4.74 Å². The molecule has 0 aliphatic carbocycles. The number of hydrogen-bond donors (Lipinski definition) is 0. The highest BCUT2D eigenvalue weighted by atomic mass is 35.5. The Morgan fingerprint density at radius 1 is 1.21 bits per heavy atom. The lowest BCUT2D eigenvalue weighted by Gasteiger charge is -2.17. The Morgan fingerprint density at radius 2 is 1.86 bits per heavy atom. The van der Waals surface area contributed by atoms with Crippen molar-refractivity contribution in [1.29, 1.82) is 0 Å². The average molecular weight is 222 g/mol. The van der Waals surface area contributed by atoms with E-state index in [9.17, 15) is 0 Å². The third-order valence-corrected chi connectivity index (χ3v) is 2.16. The molecule has 0 heterocycles. The fourth-order valence-corrected chi connectivity index (χ4v) is 1.40. The Labute approximate surface area is 93.6 Å². The van der Waals surface area contributed by atoms with Crippen molar-refractivity contribution in [3.05, 3.63) is 0 Å². The highest BCUT2D eigenvalue weighted by Crippen LogP contribution is 1.99. The Balaban J connectivity index is 3.19. The Morgan fingerprint density at radius 3 is 2.36 bits per heavy atom. The highest BCUT2D eigenvalue weighted by molar-refractivity contribution is 6.20. The van der Waals surface area contributed by atoms with Crippen LogP contribution in [-0.4, -0.2) is 43.6 Å². The van der Waals surface area contributed by atoms with Gasteiger partial charge in [-0.3, -0.25) is 0 Å². The van der Waals surface area contributed by atoms with Crippen LogP contribution in [0.3, 0.4) is 0 Å². The molecule has 0 amide bonds. The maximum absolute atomic E-state index is 5.87. The van der Waals surface area contributed by atoms with Gasteiger partial charge in [-0.2, -0.15) is 0 Å². The molecule has 0 aliphatic rings. The monoisotopic (exact) mass is 221 g/mol. The van der Waals surface area contributed by atoms with Crippen molar-refractivity contribution < 1.29 is 4.74 Å². The van der Waals surface area contributed by atoms with Crippen LogP contribution in [0, 0.1) is 5.92 Å². The Kier molecular flexibility index (Phi) is 8.64. The van der Waals surface area contributed by atoms with E-state index in [4.69, 9.17) is 16.3 Å². The molecule has 0 spiro atoms. The standard InChI is InChI=1S/C11H24ClNO/c1-10(2)5-7-14-8-6-13(4)9-11(3)12/h10-11H,5-9H2,1-4H3. The van der Waals surface area contributed by atoms with Gasteiger partial charge in [0.15, 0.2) is 0 Å². The molecule has 3 heteroatoms. The number of nitrogens with zero attached hydrogens (tertiary/aromatic N) is 1. The van der Waals surface area contributed by atoms with Crippen LogP contribution in [0.1, 0.15) is 27.2 Å². The second-order valence-electron chi connectivity index (χ2n) is 4.34. The molecule has 1 atom stereocenters. The van der Waals surface area contributed by atoms with Gasteiger partial charge in [0.2, 0.25) is 0 Å². The molecule has 0 saturated heterocycles. The first-order valence-electron chi connectivity index (χ1n) is 5.42. The second kappa shape index (κ2) is 8.51. The van der Waals surface area contributed by atoms with E-state index in [-0.39, 0.29) is 5.38 Å². The van der Waals surface area contributed by atoms with Crippen LogP contribution < -0.4 is 0 Å². The van der Waals surface area contributed by atoms with E-state index in [2.05, 4.69) is 25.8 Å². The van der Waals surface area contributed by atoms with Crippen LogP contribution in [0.4, 0.5) is 0 Å². The Bertz CT molecular complexity index is 128. The number of rotatable bonds is 8. The zero-order valence-electron chi connectivity index (χ0n) is 9.92. The first kappa shape index (κ1) is 14.2. The van der Waals surface area contributed by atoms with Crippen molar-refractivity contribution in [1.82, 2.24) is 4.90 Å². The number of halogens is 1. The molecule has 14 heavy (non-hydrogen) atoms. The maximum Gasteiger partial charge on any atom is 0.0593 e. The number of alkyl halides is 1. The molecular formula is C11H24ClNO. The van der Waals surface area contributed by atoms with Crippen LogP contribution in [0.2, 0.25) is 0 Å². The molecule has 0 bridgehead atoms. The highest BCUT2D eigenvalue weighted by Gasteiger charge is 2.02. The molecule has 0 rings (SSSR count). The SMILES string of the molecule is CC(C)CCOCCN(C)CC(C)Cl. The third-order valence-electron chi connectivity index (χ3n) is 2.02. The fraction of sp³-hybridized carbons (Fsp3) is 1.00. The molecular weight excluding hydrogens is 198 g/mol. The molecule has 86 valence electrons. The van der Waals surface area contributed by atoms with E-state index in [1.54, 1.807) is 0 Å². The molecule has 0 N–H and O–H groups in total. The van der Waals surface area contributed by atoms with E-state index >= 15 is 0 Å². The van der Waals surface area contributed by atoms with Crippen LogP contribution in [0.5, 0.6) is 0 Å². The van der Waals surface area contributed by atoms with Crippen molar-refractivity contribution in [2.24, 2.45) is 5.92 Å². The zero-order valence-corrected chi connectivity index (χ0v) is 10.7. The van der Waals surface area contributed by atoms with Crippen LogP contribution in [0.15, 0.2) is 0 Å². The van der Waals surface area contributed by atoms with E-state index in [1.165, 1.54) is 0 Å². The molecule has 0 radical (unpaired) electrons. The van der Waals surface area contributed by atoms with Crippen molar-refractivity contribution >= 4 is 11.6 Å². The van der Waals surface area contributed by atoms with Gasteiger partial charge in [0.05, 0.1) is 6.61 Å². The van der Waals surface area contributed by atoms with Gasteiger partial charge in [-0.25, -0.2) is 0 Å². The van der Waals surface area contributed by atoms with E-state index in [1.807, 2.05) is 6.92 Å². The fourth-order valence-electron chi connectivity index (χ4n) is 1.16. The van der Waals surface area contributed by atoms with Gasteiger partial charge in [-0.15, -0.1) is 11.6 Å². The topological polar surface area (TPSA) is 12.5 Å².